The molecule has 0 amide bonds. The standard InChI is InChI=1S/C20H19N5OS/c1-21-20(27)25-19(14-6-7-16-18(11-14)23-9-8-22-16)12-17(24-25)13-4-3-5-15(10-13)26-2/h3-11,19H,12H2,1-2H3,(H,21,27)/t19-/m1/s1. The number of hydrogen-bond donors (Lipinski definition) is 1. The number of rotatable bonds is 3. The molecule has 0 unspecified atom stereocenters. The Morgan fingerprint density at radius 2 is 1.96 bits per heavy atom. The van der Waals surface area contributed by atoms with E-state index in [4.69, 9.17) is 22.1 Å². The Balaban J connectivity index is 1.72. The maximum atomic E-state index is 5.49. The molecule has 0 bridgehead atoms. The van der Waals surface area contributed by atoms with Crippen molar-refractivity contribution in [3.63, 3.8) is 0 Å². The zero-order valence-corrected chi connectivity index (χ0v) is 15.9. The smallest absolute Gasteiger partial charge is 0.189 e. The molecule has 27 heavy (non-hydrogen) atoms. The minimum absolute atomic E-state index is 0.00226. The van der Waals surface area contributed by atoms with Crippen LogP contribution in [0.25, 0.3) is 11.0 Å². The Kier molecular flexibility index (Phi) is 4.68. The number of ether oxygens (including phenoxy) is 1. The summed E-state index contributed by atoms with van der Waals surface area (Å²) in [7, 11) is 3.47. The SMILES string of the molecule is CNC(=S)N1N=C(c2cccc(OC)c2)C[C@@H]1c1ccc2nccnc2c1. The molecule has 1 aromatic heterocycles. The molecule has 0 saturated heterocycles. The summed E-state index contributed by atoms with van der Waals surface area (Å²) >= 11 is 5.49. The van der Waals surface area contributed by atoms with E-state index in [1.807, 2.05) is 42.4 Å². The summed E-state index contributed by atoms with van der Waals surface area (Å²) in [6.45, 7) is 0. The molecule has 1 aliphatic heterocycles. The first kappa shape index (κ1) is 17.4. The van der Waals surface area contributed by atoms with Crippen molar-refractivity contribution in [2.24, 2.45) is 5.10 Å². The third-order valence-electron chi connectivity index (χ3n) is 4.61. The van der Waals surface area contributed by atoms with E-state index in [1.54, 1.807) is 19.5 Å². The molecule has 2 aromatic carbocycles. The monoisotopic (exact) mass is 377 g/mol. The van der Waals surface area contributed by atoms with Gasteiger partial charge in [-0.25, -0.2) is 5.01 Å². The molecule has 1 atom stereocenters. The fourth-order valence-electron chi connectivity index (χ4n) is 3.24. The Morgan fingerprint density at radius 3 is 2.74 bits per heavy atom. The van der Waals surface area contributed by atoms with Crippen LogP contribution in [0.5, 0.6) is 5.75 Å². The average Bonchev–Trinajstić information content (AvgIpc) is 3.18. The zero-order valence-electron chi connectivity index (χ0n) is 15.1. The maximum absolute atomic E-state index is 5.49. The van der Waals surface area contributed by atoms with Crippen molar-refractivity contribution in [1.82, 2.24) is 20.3 Å². The van der Waals surface area contributed by atoms with Crippen LogP contribution in [0.3, 0.4) is 0 Å². The second-order valence-electron chi connectivity index (χ2n) is 6.20. The van der Waals surface area contributed by atoms with E-state index in [2.05, 4.69) is 27.4 Å². The Morgan fingerprint density at radius 1 is 1.15 bits per heavy atom. The summed E-state index contributed by atoms with van der Waals surface area (Å²) < 4.78 is 5.35. The van der Waals surface area contributed by atoms with Crippen molar-refractivity contribution < 1.29 is 4.74 Å². The number of methoxy groups -OCH3 is 1. The quantitative estimate of drug-likeness (QED) is 0.707. The molecule has 7 heteroatoms. The molecule has 4 rings (SSSR count). The first-order valence-electron chi connectivity index (χ1n) is 8.63. The molecule has 1 N–H and O–H groups in total. The summed E-state index contributed by atoms with van der Waals surface area (Å²) in [6, 6.07) is 14.0. The van der Waals surface area contributed by atoms with E-state index in [9.17, 15) is 0 Å². The summed E-state index contributed by atoms with van der Waals surface area (Å²) in [5.74, 6) is 0.808. The second-order valence-corrected chi connectivity index (χ2v) is 6.59. The van der Waals surface area contributed by atoms with Gasteiger partial charge in [-0.05, 0) is 42.0 Å². The second kappa shape index (κ2) is 7.28. The Bertz CT molecular complexity index is 1040. The largest absolute Gasteiger partial charge is 0.497 e. The lowest BCUT2D eigenvalue weighted by Crippen LogP contribution is -2.34. The van der Waals surface area contributed by atoms with Crippen molar-refractivity contribution in [3.05, 3.63) is 66.0 Å². The first-order chi connectivity index (χ1) is 13.2. The fraction of sp³-hybridized carbons (Fsp3) is 0.200. The zero-order chi connectivity index (χ0) is 18.8. The topological polar surface area (TPSA) is 62.6 Å². The van der Waals surface area contributed by atoms with Gasteiger partial charge in [0.05, 0.1) is 29.9 Å². The molecule has 0 fully saturated rings. The lowest BCUT2D eigenvalue weighted by molar-refractivity contribution is 0.367. The van der Waals surface area contributed by atoms with E-state index in [1.165, 1.54) is 0 Å². The predicted octanol–water partition coefficient (Wildman–Crippen LogP) is 3.29. The number of fused-ring (bicyclic) bond motifs is 1. The van der Waals surface area contributed by atoms with Crippen LogP contribution >= 0.6 is 12.2 Å². The van der Waals surface area contributed by atoms with Crippen molar-refractivity contribution >= 4 is 34.1 Å². The normalized spacial score (nSPS) is 16.3. The van der Waals surface area contributed by atoms with Crippen molar-refractivity contribution in [2.45, 2.75) is 12.5 Å². The van der Waals surface area contributed by atoms with E-state index in [0.29, 0.717) is 5.11 Å². The molecule has 0 spiro atoms. The summed E-state index contributed by atoms with van der Waals surface area (Å²) in [6.07, 6.45) is 4.14. The molecule has 136 valence electrons. The molecular weight excluding hydrogens is 358 g/mol. The molecule has 3 aromatic rings. The van der Waals surface area contributed by atoms with Gasteiger partial charge in [0, 0.05) is 31.4 Å². The van der Waals surface area contributed by atoms with Gasteiger partial charge in [0.2, 0.25) is 0 Å². The predicted molar refractivity (Wildman–Crippen MR) is 110 cm³/mol. The number of nitrogens with one attached hydrogen (secondary N) is 1. The van der Waals surface area contributed by atoms with Gasteiger partial charge < -0.3 is 10.1 Å². The highest BCUT2D eigenvalue weighted by atomic mass is 32.1. The van der Waals surface area contributed by atoms with Crippen LogP contribution in [0.15, 0.2) is 60.0 Å². The van der Waals surface area contributed by atoms with Crippen LogP contribution in [0.2, 0.25) is 0 Å². The number of nitrogens with zero attached hydrogens (tertiary/aromatic N) is 4. The van der Waals surface area contributed by atoms with E-state index < -0.39 is 0 Å². The summed E-state index contributed by atoms with van der Waals surface area (Å²) in [5.41, 5.74) is 4.83. The van der Waals surface area contributed by atoms with Gasteiger partial charge >= 0.3 is 0 Å². The molecule has 2 heterocycles. The highest BCUT2D eigenvalue weighted by Gasteiger charge is 2.31. The van der Waals surface area contributed by atoms with Gasteiger partial charge in [0.1, 0.15) is 5.75 Å². The molecular formula is C20H19N5OS. The minimum Gasteiger partial charge on any atom is -0.497 e. The number of aromatic nitrogens is 2. The van der Waals surface area contributed by atoms with Gasteiger partial charge in [0.25, 0.3) is 0 Å². The molecule has 1 aliphatic rings. The van der Waals surface area contributed by atoms with Crippen molar-refractivity contribution in [1.29, 1.82) is 0 Å². The number of thiocarbonyl (C=S) groups is 1. The first-order valence-corrected chi connectivity index (χ1v) is 9.04. The summed E-state index contributed by atoms with van der Waals surface area (Å²) in [4.78, 5) is 8.76. The fourth-order valence-corrected chi connectivity index (χ4v) is 3.40. The van der Waals surface area contributed by atoms with Crippen LogP contribution in [0.4, 0.5) is 0 Å². The van der Waals surface area contributed by atoms with Gasteiger partial charge in [-0.3, -0.25) is 9.97 Å². The van der Waals surface area contributed by atoms with E-state index in [-0.39, 0.29) is 6.04 Å². The van der Waals surface area contributed by atoms with E-state index in [0.717, 1.165) is 40.0 Å². The van der Waals surface area contributed by atoms with Crippen LogP contribution < -0.4 is 10.1 Å². The van der Waals surface area contributed by atoms with Crippen LogP contribution in [-0.2, 0) is 0 Å². The van der Waals surface area contributed by atoms with Gasteiger partial charge in [-0.2, -0.15) is 5.10 Å². The highest BCUT2D eigenvalue weighted by Crippen LogP contribution is 2.34. The van der Waals surface area contributed by atoms with Gasteiger partial charge in [-0.15, -0.1) is 0 Å². The van der Waals surface area contributed by atoms with Gasteiger partial charge in [-0.1, -0.05) is 18.2 Å². The Labute approximate surface area is 162 Å². The highest BCUT2D eigenvalue weighted by molar-refractivity contribution is 7.80. The number of hydrazone groups is 1. The Hall–Kier alpha value is -3.06. The van der Waals surface area contributed by atoms with Crippen LogP contribution in [0, 0.1) is 0 Å². The number of benzene rings is 2. The van der Waals surface area contributed by atoms with Crippen molar-refractivity contribution in [2.75, 3.05) is 14.2 Å². The molecule has 0 saturated carbocycles. The maximum Gasteiger partial charge on any atom is 0.189 e. The van der Waals surface area contributed by atoms with Crippen LogP contribution in [0.1, 0.15) is 23.6 Å². The van der Waals surface area contributed by atoms with Crippen molar-refractivity contribution in [3.8, 4) is 5.75 Å². The molecule has 0 radical (unpaired) electrons. The molecule has 0 aliphatic carbocycles. The lowest BCUT2D eigenvalue weighted by Gasteiger charge is -2.23. The summed E-state index contributed by atoms with van der Waals surface area (Å²) in [5, 5.41) is 10.3. The number of hydrogen-bond acceptors (Lipinski definition) is 5. The lowest BCUT2D eigenvalue weighted by atomic mass is 9.98. The van der Waals surface area contributed by atoms with Gasteiger partial charge in [0.15, 0.2) is 5.11 Å². The minimum atomic E-state index is -0.00226. The third-order valence-corrected chi connectivity index (χ3v) is 5.00. The van der Waals surface area contributed by atoms with Crippen LogP contribution in [-0.4, -0.2) is 40.0 Å². The third kappa shape index (κ3) is 3.33. The molecule has 6 nitrogen and oxygen atoms in total. The van der Waals surface area contributed by atoms with E-state index >= 15 is 0 Å². The average molecular weight is 377 g/mol.